The molecule has 0 saturated heterocycles. The van der Waals surface area contributed by atoms with Gasteiger partial charge >= 0.3 is 0 Å². The van der Waals surface area contributed by atoms with Gasteiger partial charge in [0.25, 0.3) is 0 Å². The van der Waals surface area contributed by atoms with Gasteiger partial charge in [-0.05, 0) is 26.7 Å². The van der Waals surface area contributed by atoms with Gasteiger partial charge in [-0.3, -0.25) is 4.99 Å². The fourth-order valence-electron chi connectivity index (χ4n) is 1.41. The zero-order valence-electron chi connectivity index (χ0n) is 12.1. The van der Waals surface area contributed by atoms with E-state index < -0.39 is 0 Å². The molecule has 5 heteroatoms. The minimum absolute atomic E-state index is 0. The number of unbranched alkanes of at least 4 members (excludes halogenated alkanes) is 3. The fraction of sp³-hybridized carbons (Fsp3) is 0.923. The molecule has 0 aliphatic carbocycles. The second kappa shape index (κ2) is 15.0. The van der Waals surface area contributed by atoms with E-state index in [0.29, 0.717) is 12.1 Å². The van der Waals surface area contributed by atoms with Gasteiger partial charge in [0.2, 0.25) is 0 Å². The van der Waals surface area contributed by atoms with Crippen LogP contribution in [0, 0.1) is 0 Å². The van der Waals surface area contributed by atoms with E-state index in [2.05, 4.69) is 17.2 Å². The van der Waals surface area contributed by atoms with Gasteiger partial charge in [0.05, 0.1) is 6.10 Å². The first-order chi connectivity index (χ1) is 8.16. The maximum atomic E-state index is 5.73. The van der Waals surface area contributed by atoms with Gasteiger partial charge < -0.3 is 15.8 Å². The molecular formula is C13H30IN3O. The summed E-state index contributed by atoms with van der Waals surface area (Å²) in [5, 5.41) is 3.13. The number of nitrogens with two attached hydrogens (primary N) is 1. The lowest BCUT2D eigenvalue weighted by atomic mass is 10.2. The molecule has 0 bridgehead atoms. The maximum absolute atomic E-state index is 5.73. The number of guanidine groups is 1. The summed E-state index contributed by atoms with van der Waals surface area (Å²) < 4.78 is 5.42. The molecular weight excluding hydrogens is 341 g/mol. The summed E-state index contributed by atoms with van der Waals surface area (Å²) in [4.78, 5) is 4.24. The highest BCUT2D eigenvalue weighted by Gasteiger charge is 1.94. The third-order valence-corrected chi connectivity index (χ3v) is 2.37. The Labute approximate surface area is 129 Å². The van der Waals surface area contributed by atoms with E-state index >= 15 is 0 Å². The SMILES string of the molecule is CCCCCCNC(N)=NCCCOC(C)C.I. The van der Waals surface area contributed by atoms with E-state index in [1.165, 1.54) is 25.7 Å². The predicted octanol–water partition coefficient (Wildman–Crippen LogP) is 2.90. The van der Waals surface area contributed by atoms with Crippen molar-refractivity contribution in [1.82, 2.24) is 5.32 Å². The van der Waals surface area contributed by atoms with Crippen molar-refractivity contribution < 1.29 is 4.74 Å². The number of rotatable bonds is 10. The molecule has 0 aromatic rings. The lowest BCUT2D eigenvalue weighted by Gasteiger charge is -2.07. The normalized spacial score (nSPS) is 11.4. The van der Waals surface area contributed by atoms with Gasteiger partial charge in [-0.1, -0.05) is 26.2 Å². The maximum Gasteiger partial charge on any atom is 0.188 e. The van der Waals surface area contributed by atoms with Gasteiger partial charge in [-0.15, -0.1) is 24.0 Å². The van der Waals surface area contributed by atoms with Crippen LogP contribution in [0.5, 0.6) is 0 Å². The summed E-state index contributed by atoms with van der Waals surface area (Å²) in [6, 6.07) is 0. The molecule has 0 aromatic carbocycles. The quantitative estimate of drug-likeness (QED) is 0.269. The summed E-state index contributed by atoms with van der Waals surface area (Å²) >= 11 is 0. The molecule has 4 nitrogen and oxygen atoms in total. The first-order valence-electron chi connectivity index (χ1n) is 6.82. The summed E-state index contributed by atoms with van der Waals surface area (Å²) in [5.74, 6) is 0.561. The van der Waals surface area contributed by atoms with Gasteiger partial charge in [0.15, 0.2) is 5.96 Å². The van der Waals surface area contributed by atoms with Crippen molar-refractivity contribution in [3.05, 3.63) is 0 Å². The Morgan fingerprint density at radius 2 is 1.94 bits per heavy atom. The van der Waals surface area contributed by atoms with Gasteiger partial charge in [0.1, 0.15) is 0 Å². The molecule has 0 aromatic heterocycles. The Bertz CT molecular complexity index is 199. The Morgan fingerprint density at radius 3 is 2.56 bits per heavy atom. The third-order valence-electron chi connectivity index (χ3n) is 2.37. The molecule has 18 heavy (non-hydrogen) atoms. The van der Waals surface area contributed by atoms with Crippen LogP contribution in [0.15, 0.2) is 4.99 Å². The smallest absolute Gasteiger partial charge is 0.188 e. The molecule has 0 aliphatic heterocycles. The first-order valence-corrected chi connectivity index (χ1v) is 6.82. The van der Waals surface area contributed by atoms with E-state index in [-0.39, 0.29) is 24.0 Å². The van der Waals surface area contributed by atoms with Crippen LogP contribution in [0.4, 0.5) is 0 Å². The molecule has 0 radical (unpaired) electrons. The van der Waals surface area contributed by atoms with Crippen molar-refractivity contribution in [1.29, 1.82) is 0 Å². The van der Waals surface area contributed by atoms with Crippen LogP contribution in [-0.4, -0.2) is 31.8 Å². The highest BCUT2D eigenvalue weighted by atomic mass is 127. The van der Waals surface area contributed by atoms with E-state index in [4.69, 9.17) is 10.5 Å². The molecule has 0 aliphatic rings. The molecule has 0 rings (SSSR count). The van der Waals surface area contributed by atoms with Crippen LogP contribution in [-0.2, 0) is 4.74 Å². The molecule has 110 valence electrons. The Balaban J connectivity index is 0. The minimum atomic E-state index is 0. The van der Waals surface area contributed by atoms with E-state index in [1.54, 1.807) is 0 Å². The summed E-state index contributed by atoms with van der Waals surface area (Å²) in [5.41, 5.74) is 5.73. The number of nitrogens with one attached hydrogen (secondary N) is 1. The average Bonchev–Trinajstić information content (AvgIpc) is 2.28. The van der Waals surface area contributed by atoms with Gasteiger partial charge in [0, 0.05) is 19.7 Å². The first kappa shape index (κ1) is 20.3. The number of hydrogen-bond donors (Lipinski definition) is 2. The van der Waals surface area contributed by atoms with Crippen molar-refractivity contribution in [3.63, 3.8) is 0 Å². The summed E-state index contributed by atoms with van der Waals surface area (Å²) in [6.45, 7) is 8.71. The van der Waals surface area contributed by atoms with Gasteiger partial charge in [-0.2, -0.15) is 0 Å². The number of ether oxygens (including phenoxy) is 1. The predicted molar refractivity (Wildman–Crippen MR) is 89.8 cm³/mol. The molecule has 3 N–H and O–H groups in total. The second-order valence-electron chi connectivity index (χ2n) is 4.53. The number of hydrogen-bond acceptors (Lipinski definition) is 2. The highest BCUT2D eigenvalue weighted by molar-refractivity contribution is 14.0. The largest absolute Gasteiger partial charge is 0.379 e. The van der Waals surface area contributed by atoms with Crippen molar-refractivity contribution in [3.8, 4) is 0 Å². The highest BCUT2D eigenvalue weighted by Crippen LogP contribution is 1.96. The lowest BCUT2D eigenvalue weighted by molar-refractivity contribution is 0.0783. The molecule has 0 amide bonds. The minimum Gasteiger partial charge on any atom is -0.379 e. The van der Waals surface area contributed by atoms with E-state index in [0.717, 1.165) is 26.1 Å². The van der Waals surface area contributed by atoms with Crippen LogP contribution in [0.2, 0.25) is 0 Å². The van der Waals surface area contributed by atoms with E-state index in [1.807, 2.05) is 13.8 Å². The molecule has 0 heterocycles. The Hall–Kier alpha value is -0.0400. The lowest BCUT2D eigenvalue weighted by Crippen LogP contribution is -2.32. The van der Waals surface area contributed by atoms with Crippen LogP contribution >= 0.6 is 24.0 Å². The molecule has 0 spiro atoms. The zero-order valence-corrected chi connectivity index (χ0v) is 14.4. The van der Waals surface area contributed by atoms with Crippen LogP contribution in [0.1, 0.15) is 52.9 Å². The zero-order chi connectivity index (χ0) is 12.9. The van der Waals surface area contributed by atoms with Crippen molar-refractivity contribution in [2.24, 2.45) is 10.7 Å². The summed E-state index contributed by atoms with van der Waals surface area (Å²) in [6.07, 6.45) is 6.22. The standard InChI is InChI=1S/C13H29N3O.HI/c1-4-5-6-7-9-15-13(14)16-10-8-11-17-12(2)3;/h12H,4-11H2,1-3H3,(H3,14,15,16);1H. The molecule has 0 unspecified atom stereocenters. The third kappa shape index (κ3) is 16.0. The summed E-state index contributed by atoms with van der Waals surface area (Å²) in [7, 11) is 0. The Morgan fingerprint density at radius 1 is 1.22 bits per heavy atom. The number of halogens is 1. The molecule has 0 atom stereocenters. The van der Waals surface area contributed by atoms with Crippen LogP contribution in [0.25, 0.3) is 0 Å². The second-order valence-corrected chi connectivity index (χ2v) is 4.53. The number of nitrogens with zero attached hydrogens (tertiary/aromatic N) is 1. The fourth-order valence-corrected chi connectivity index (χ4v) is 1.41. The number of aliphatic imine (C=N–C) groups is 1. The average molecular weight is 371 g/mol. The topological polar surface area (TPSA) is 59.6 Å². The van der Waals surface area contributed by atoms with E-state index in [9.17, 15) is 0 Å². The van der Waals surface area contributed by atoms with Crippen LogP contribution < -0.4 is 11.1 Å². The van der Waals surface area contributed by atoms with Crippen molar-refractivity contribution >= 4 is 29.9 Å². The van der Waals surface area contributed by atoms with Gasteiger partial charge in [-0.25, -0.2) is 0 Å². The monoisotopic (exact) mass is 371 g/mol. The Kier molecular flexibility index (Phi) is 16.9. The van der Waals surface area contributed by atoms with Crippen molar-refractivity contribution in [2.45, 2.75) is 59.0 Å². The molecule has 0 fully saturated rings. The van der Waals surface area contributed by atoms with Crippen LogP contribution in [0.3, 0.4) is 0 Å². The molecule has 0 saturated carbocycles. The van der Waals surface area contributed by atoms with Crippen molar-refractivity contribution in [2.75, 3.05) is 19.7 Å².